The summed E-state index contributed by atoms with van der Waals surface area (Å²) in [5.41, 5.74) is -0.384. The second-order valence-corrected chi connectivity index (χ2v) is 9.07. The van der Waals surface area contributed by atoms with E-state index in [4.69, 9.17) is 0 Å². The van der Waals surface area contributed by atoms with Crippen LogP contribution in [0, 0.1) is 22.7 Å². The molecule has 5 nitrogen and oxygen atoms in total. The zero-order valence-corrected chi connectivity index (χ0v) is 15.5. The number of carbonyl (C=O) groups is 2. The molecule has 1 unspecified atom stereocenters. The average Bonchev–Trinajstić information content (AvgIpc) is 2.88. The highest BCUT2D eigenvalue weighted by Crippen LogP contribution is 2.65. The maximum atomic E-state index is 12.3. The van der Waals surface area contributed by atoms with Crippen LogP contribution in [0.4, 0.5) is 0 Å². The first-order valence-electron chi connectivity index (χ1n) is 9.67. The molecular formula is C21H28O5. The molecule has 4 aliphatic rings. The smallest absolute Gasteiger partial charge is 0.190 e. The van der Waals surface area contributed by atoms with E-state index in [-0.39, 0.29) is 24.0 Å². The van der Waals surface area contributed by atoms with Gasteiger partial charge in [-0.25, -0.2) is 0 Å². The fourth-order valence-corrected chi connectivity index (χ4v) is 6.51. The van der Waals surface area contributed by atoms with Gasteiger partial charge in [-0.3, -0.25) is 9.59 Å². The van der Waals surface area contributed by atoms with E-state index in [1.54, 1.807) is 6.08 Å². The van der Waals surface area contributed by atoms with Gasteiger partial charge in [0.15, 0.2) is 11.6 Å². The molecule has 0 aromatic heterocycles. The molecule has 0 spiro atoms. The molecule has 0 amide bonds. The quantitative estimate of drug-likeness (QED) is 0.652. The largest absolute Gasteiger partial charge is 0.391 e. The van der Waals surface area contributed by atoms with Crippen LogP contribution >= 0.6 is 0 Å². The van der Waals surface area contributed by atoms with Crippen molar-refractivity contribution in [3.63, 3.8) is 0 Å². The molecule has 0 aromatic carbocycles. The summed E-state index contributed by atoms with van der Waals surface area (Å²) in [4.78, 5) is 24.2. The highest BCUT2D eigenvalue weighted by atomic mass is 16.3. The van der Waals surface area contributed by atoms with E-state index in [0.29, 0.717) is 12.8 Å². The van der Waals surface area contributed by atoms with Gasteiger partial charge in [0.05, 0.1) is 6.10 Å². The number of fused-ring (bicyclic) bond motifs is 5. The van der Waals surface area contributed by atoms with Gasteiger partial charge in [-0.05, 0) is 56.9 Å². The minimum atomic E-state index is -1.48. The molecule has 4 aliphatic carbocycles. The monoisotopic (exact) mass is 360 g/mol. The van der Waals surface area contributed by atoms with Gasteiger partial charge >= 0.3 is 0 Å². The molecule has 4 rings (SSSR count). The highest BCUT2D eigenvalue weighted by Gasteiger charge is 2.64. The number of ketones is 2. The lowest BCUT2D eigenvalue weighted by Crippen LogP contribution is -2.56. The van der Waals surface area contributed by atoms with E-state index in [1.165, 1.54) is 5.57 Å². The number of aliphatic hydroxyl groups is 3. The Morgan fingerprint density at radius 3 is 2.73 bits per heavy atom. The fourth-order valence-electron chi connectivity index (χ4n) is 6.51. The predicted molar refractivity (Wildman–Crippen MR) is 95.1 cm³/mol. The lowest BCUT2D eigenvalue weighted by atomic mass is 9.50. The minimum Gasteiger partial charge on any atom is -0.391 e. The van der Waals surface area contributed by atoms with Gasteiger partial charge in [0.25, 0.3) is 0 Å². The van der Waals surface area contributed by atoms with Crippen molar-refractivity contribution >= 4 is 11.6 Å². The van der Waals surface area contributed by atoms with Crippen LogP contribution in [0.1, 0.15) is 52.4 Å². The third kappa shape index (κ3) is 2.02. The van der Waals surface area contributed by atoms with Gasteiger partial charge in [0, 0.05) is 17.3 Å². The number of allylic oxidation sites excluding steroid dienone is 2. The third-order valence-corrected chi connectivity index (χ3v) is 8.20. The van der Waals surface area contributed by atoms with Crippen molar-refractivity contribution < 1.29 is 24.9 Å². The summed E-state index contributed by atoms with van der Waals surface area (Å²) in [6, 6.07) is 0. The molecule has 2 saturated carbocycles. The van der Waals surface area contributed by atoms with Crippen LogP contribution in [0.15, 0.2) is 23.3 Å². The van der Waals surface area contributed by atoms with Gasteiger partial charge in [-0.15, -0.1) is 0 Å². The van der Waals surface area contributed by atoms with Gasteiger partial charge in [0.1, 0.15) is 12.2 Å². The van der Waals surface area contributed by atoms with Crippen molar-refractivity contribution in [3.8, 4) is 0 Å². The van der Waals surface area contributed by atoms with Gasteiger partial charge in [0.2, 0.25) is 0 Å². The van der Waals surface area contributed by atoms with E-state index in [2.05, 4.69) is 6.08 Å². The van der Waals surface area contributed by atoms with Crippen molar-refractivity contribution in [2.24, 2.45) is 22.7 Å². The van der Waals surface area contributed by atoms with Crippen molar-refractivity contribution in [3.05, 3.63) is 23.3 Å². The molecule has 3 N–H and O–H groups in total. The standard InChI is InChI=1S/C21H28O5/c1-19-7-5-16-14(15(19)6-8-21(19,26)18(25)11-22)4-3-12-9-13(23)10-17(24)20(12,16)2/h5,9,14-15,17,22,24,26H,3-4,6-8,10-11H2,1-2H3/t14-,15-,17?,19-,20-,21-/m0/s1. The zero-order chi connectivity index (χ0) is 18.9. The number of carbonyl (C=O) groups excluding carboxylic acids is 2. The Bertz CT molecular complexity index is 737. The van der Waals surface area contributed by atoms with Gasteiger partial charge in [-0.1, -0.05) is 24.1 Å². The summed E-state index contributed by atoms with van der Waals surface area (Å²) in [5.74, 6) is -0.149. The Balaban J connectivity index is 1.78. The Labute approximate surface area is 153 Å². The molecule has 26 heavy (non-hydrogen) atoms. The van der Waals surface area contributed by atoms with Crippen LogP contribution in [0.3, 0.4) is 0 Å². The lowest BCUT2D eigenvalue weighted by molar-refractivity contribution is -0.155. The molecule has 5 heteroatoms. The normalized spacial score (nSPS) is 47.4. The van der Waals surface area contributed by atoms with Gasteiger partial charge < -0.3 is 15.3 Å². The summed E-state index contributed by atoms with van der Waals surface area (Å²) >= 11 is 0. The van der Waals surface area contributed by atoms with E-state index in [0.717, 1.165) is 24.8 Å². The average molecular weight is 360 g/mol. The first kappa shape index (κ1) is 18.1. The molecule has 2 fully saturated rings. The number of Topliss-reactive ketones (excluding diaryl/α,β-unsaturated/α-hetero) is 1. The first-order chi connectivity index (χ1) is 12.2. The van der Waals surface area contributed by atoms with Crippen LogP contribution in [0.5, 0.6) is 0 Å². The summed E-state index contributed by atoms with van der Waals surface area (Å²) < 4.78 is 0. The van der Waals surface area contributed by atoms with Crippen molar-refractivity contribution in [1.29, 1.82) is 0 Å². The summed E-state index contributed by atoms with van der Waals surface area (Å²) in [6.07, 6.45) is 6.57. The molecule has 0 aromatic rings. The predicted octanol–water partition coefficient (Wildman–Crippen LogP) is 1.70. The number of hydrogen-bond donors (Lipinski definition) is 3. The lowest BCUT2D eigenvalue weighted by Gasteiger charge is -2.55. The second-order valence-electron chi connectivity index (χ2n) is 9.07. The van der Waals surface area contributed by atoms with Crippen LogP contribution in [-0.2, 0) is 9.59 Å². The second kappa shape index (κ2) is 5.60. The molecule has 0 aliphatic heterocycles. The van der Waals surface area contributed by atoms with E-state index < -0.39 is 34.9 Å². The molecule has 142 valence electrons. The number of rotatable bonds is 2. The summed E-state index contributed by atoms with van der Waals surface area (Å²) in [5, 5.41) is 31.3. The molecule has 0 radical (unpaired) electrons. The minimum absolute atomic E-state index is 0.00606. The highest BCUT2D eigenvalue weighted by molar-refractivity contribution is 5.92. The van der Waals surface area contributed by atoms with Crippen molar-refractivity contribution in [2.75, 3.05) is 6.61 Å². The van der Waals surface area contributed by atoms with Crippen molar-refractivity contribution in [1.82, 2.24) is 0 Å². The molecule has 0 saturated heterocycles. The third-order valence-electron chi connectivity index (χ3n) is 8.20. The van der Waals surface area contributed by atoms with E-state index >= 15 is 0 Å². The summed E-state index contributed by atoms with van der Waals surface area (Å²) in [7, 11) is 0. The Hall–Kier alpha value is -1.30. The Morgan fingerprint density at radius 1 is 1.31 bits per heavy atom. The van der Waals surface area contributed by atoms with Crippen molar-refractivity contribution in [2.45, 2.75) is 64.1 Å². The fraction of sp³-hybridized carbons (Fsp3) is 0.714. The van der Waals surface area contributed by atoms with Crippen LogP contribution in [-0.4, -0.2) is 45.2 Å². The molecular weight excluding hydrogens is 332 g/mol. The zero-order valence-electron chi connectivity index (χ0n) is 15.5. The summed E-state index contributed by atoms with van der Waals surface area (Å²) in [6.45, 7) is 3.38. The molecule has 6 atom stereocenters. The maximum absolute atomic E-state index is 12.3. The Kier molecular flexibility index (Phi) is 3.89. The number of hydrogen-bond acceptors (Lipinski definition) is 5. The van der Waals surface area contributed by atoms with Crippen LogP contribution in [0.2, 0.25) is 0 Å². The van der Waals surface area contributed by atoms with Crippen LogP contribution in [0.25, 0.3) is 0 Å². The Morgan fingerprint density at radius 2 is 2.04 bits per heavy atom. The maximum Gasteiger partial charge on any atom is 0.190 e. The first-order valence-corrected chi connectivity index (χ1v) is 9.67. The van der Waals surface area contributed by atoms with Gasteiger partial charge in [-0.2, -0.15) is 0 Å². The molecule has 0 heterocycles. The van der Waals surface area contributed by atoms with E-state index in [9.17, 15) is 24.9 Å². The van der Waals surface area contributed by atoms with E-state index in [1.807, 2.05) is 13.8 Å². The SMILES string of the molecule is C[C@@]12C(=CC(=O)CC1O)CC[C@@H]1C2=CC[C@@]2(C)[C@H]1CC[C@]2(O)C(=O)CO. The van der Waals surface area contributed by atoms with Crippen LogP contribution < -0.4 is 0 Å². The molecule has 0 bridgehead atoms. The topological polar surface area (TPSA) is 94.8 Å². The number of aliphatic hydroxyl groups excluding tert-OH is 2.